The SMILES string of the molecule is CC(N)CCCNC(=O)C1Cc2ccccc2C1. The highest BCUT2D eigenvalue weighted by Gasteiger charge is 2.26. The van der Waals surface area contributed by atoms with E-state index in [2.05, 4.69) is 17.4 Å². The van der Waals surface area contributed by atoms with Crippen LogP contribution in [0.4, 0.5) is 0 Å². The molecule has 0 aliphatic heterocycles. The molecule has 18 heavy (non-hydrogen) atoms. The lowest BCUT2D eigenvalue weighted by Crippen LogP contribution is -2.32. The van der Waals surface area contributed by atoms with E-state index >= 15 is 0 Å². The van der Waals surface area contributed by atoms with Gasteiger partial charge in [-0.3, -0.25) is 4.79 Å². The molecule has 0 saturated heterocycles. The fourth-order valence-electron chi connectivity index (χ4n) is 2.52. The van der Waals surface area contributed by atoms with E-state index in [1.807, 2.05) is 19.1 Å². The van der Waals surface area contributed by atoms with E-state index in [-0.39, 0.29) is 17.9 Å². The highest BCUT2D eigenvalue weighted by Crippen LogP contribution is 2.26. The molecule has 2 rings (SSSR count). The summed E-state index contributed by atoms with van der Waals surface area (Å²) in [4.78, 5) is 12.0. The summed E-state index contributed by atoms with van der Waals surface area (Å²) in [6, 6.07) is 8.55. The van der Waals surface area contributed by atoms with Gasteiger partial charge in [0, 0.05) is 18.5 Å². The third-order valence-corrected chi connectivity index (χ3v) is 3.56. The van der Waals surface area contributed by atoms with Crippen LogP contribution in [0, 0.1) is 5.92 Å². The zero-order valence-corrected chi connectivity index (χ0v) is 11.0. The van der Waals surface area contributed by atoms with Crippen LogP contribution < -0.4 is 11.1 Å². The Morgan fingerprint density at radius 2 is 2.00 bits per heavy atom. The molecule has 1 amide bonds. The van der Waals surface area contributed by atoms with Crippen molar-refractivity contribution in [1.29, 1.82) is 0 Å². The smallest absolute Gasteiger partial charge is 0.223 e. The van der Waals surface area contributed by atoms with Crippen LogP contribution >= 0.6 is 0 Å². The largest absolute Gasteiger partial charge is 0.356 e. The predicted molar refractivity (Wildman–Crippen MR) is 73.2 cm³/mol. The topological polar surface area (TPSA) is 55.1 Å². The second kappa shape index (κ2) is 6.01. The van der Waals surface area contributed by atoms with E-state index in [4.69, 9.17) is 5.73 Å². The van der Waals surface area contributed by atoms with Gasteiger partial charge in [-0.15, -0.1) is 0 Å². The van der Waals surface area contributed by atoms with Gasteiger partial charge in [0.25, 0.3) is 0 Å². The summed E-state index contributed by atoms with van der Waals surface area (Å²) in [5.41, 5.74) is 8.33. The summed E-state index contributed by atoms with van der Waals surface area (Å²) in [7, 11) is 0. The van der Waals surface area contributed by atoms with Crippen LogP contribution in [0.3, 0.4) is 0 Å². The standard InChI is InChI=1S/C15H22N2O/c1-11(16)5-4-8-17-15(18)14-9-12-6-2-3-7-13(12)10-14/h2-3,6-7,11,14H,4-5,8-10,16H2,1H3,(H,17,18). The predicted octanol–water partition coefficient (Wildman–Crippen LogP) is 1.64. The van der Waals surface area contributed by atoms with Crippen LogP contribution in [-0.4, -0.2) is 18.5 Å². The summed E-state index contributed by atoms with van der Waals surface area (Å²) in [6.45, 7) is 2.74. The Balaban J connectivity index is 1.76. The van der Waals surface area contributed by atoms with Crippen LogP contribution in [0.5, 0.6) is 0 Å². The zero-order valence-electron chi connectivity index (χ0n) is 11.0. The molecule has 3 heteroatoms. The molecule has 0 heterocycles. The van der Waals surface area contributed by atoms with E-state index in [0.717, 1.165) is 32.2 Å². The lowest BCUT2D eigenvalue weighted by Gasteiger charge is -2.11. The van der Waals surface area contributed by atoms with Crippen molar-refractivity contribution in [3.05, 3.63) is 35.4 Å². The Kier molecular flexibility index (Phi) is 4.37. The first-order chi connectivity index (χ1) is 8.66. The molecular weight excluding hydrogens is 224 g/mol. The molecule has 1 aliphatic carbocycles. The number of nitrogens with two attached hydrogens (primary N) is 1. The van der Waals surface area contributed by atoms with Crippen molar-refractivity contribution in [1.82, 2.24) is 5.32 Å². The molecule has 0 spiro atoms. The first-order valence-corrected chi connectivity index (χ1v) is 6.77. The van der Waals surface area contributed by atoms with Gasteiger partial charge in [-0.1, -0.05) is 24.3 Å². The summed E-state index contributed by atoms with van der Waals surface area (Å²) < 4.78 is 0. The highest BCUT2D eigenvalue weighted by molar-refractivity contribution is 5.80. The van der Waals surface area contributed by atoms with Crippen LogP contribution in [0.25, 0.3) is 0 Å². The minimum Gasteiger partial charge on any atom is -0.356 e. The van der Waals surface area contributed by atoms with Gasteiger partial charge in [-0.2, -0.15) is 0 Å². The van der Waals surface area contributed by atoms with Crippen LogP contribution in [0.15, 0.2) is 24.3 Å². The number of amides is 1. The van der Waals surface area contributed by atoms with E-state index < -0.39 is 0 Å². The summed E-state index contributed by atoms with van der Waals surface area (Å²) in [5.74, 6) is 0.313. The molecule has 1 aromatic rings. The Labute approximate surface area is 109 Å². The van der Waals surface area contributed by atoms with Gasteiger partial charge in [0.05, 0.1) is 0 Å². The van der Waals surface area contributed by atoms with E-state index in [1.165, 1.54) is 11.1 Å². The van der Waals surface area contributed by atoms with Gasteiger partial charge in [0.2, 0.25) is 5.91 Å². The number of carbonyl (C=O) groups is 1. The first kappa shape index (κ1) is 13.1. The maximum absolute atomic E-state index is 12.0. The molecule has 3 nitrogen and oxygen atoms in total. The Morgan fingerprint density at radius 3 is 2.56 bits per heavy atom. The van der Waals surface area contributed by atoms with Crippen molar-refractivity contribution in [3.63, 3.8) is 0 Å². The normalized spacial score (nSPS) is 16.3. The van der Waals surface area contributed by atoms with Crippen molar-refractivity contribution >= 4 is 5.91 Å². The number of hydrogen-bond donors (Lipinski definition) is 2. The number of carbonyl (C=O) groups excluding carboxylic acids is 1. The Morgan fingerprint density at radius 1 is 1.39 bits per heavy atom. The van der Waals surface area contributed by atoms with E-state index in [9.17, 15) is 4.79 Å². The van der Waals surface area contributed by atoms with Crippen LogP contribution in [-0.2, 0) is 17.6 Å². The van der Waals surface area contributed by atoms with E-state index in [1.54, 1.807) is 0 Å². The second-order valence-electron chi connectivity index (χ2n) is 5.28. The molecule has 0 radical (unpaired) electrons. The van der Waals surface area contributed by atoms with Crippen LogP contribution in [0.2, 0.25) is 0 Å². The van der Waals surface area contributed by atoms with E-state index in [0.29, 0.717) is 0 Å². The third kappa shape index (κ3) is 3.33. The first-order valence-electron chi connectivity index (χ1n) is 6.77. The molecule has 1 atom stereocenters. The fraction of sp³-hybridized carbons (Fsp3) is 0.533. The lowest BCUT2D eigenvalue weighted by molar-refractivity contribution is -0.124. The number of fused-ring (bicyclic) bond motifs is 1. The molecule has 1 unspecified atom stereocenters. The summed E-state index contributed by atoms with van der Waals surface area (Å²) in [6.07, 6.45) is 3.69. The maximum atomic E-state index is 12.0. The van der Waals surface area contributed by atoms with Gasteiger partial charge >= 0.3 is 0 Å². The van der Waals surface area contributed by atoms with Gasteiger partial charge in [-0.05, 0) is 43.7 Å². The molecule has 98 valence electrons. The molecule has 1 aromatic carbocycles. The minimum absolute atomic E-state index is 0.123. The van der Waals surface area contributed by atoms with Crippen molar-refractivity contribution in [2.24, 2.45) is 11.7 Å². The maximum Gasteiger partial charge on any atom is 0.223 e. The number of nitrogens with one attached hydrogen (secondary N) is 1. The van der Waals surface area contributed by atoms with Crippen LogP contribution in [0.1, 0.15) is 30.9 Å². The zero-order chi connectivity index (χ0) is 13.0. The highest BCUT2D eigenvalue weighted by atomic mass is 16.1. The monoisotopic (exact) mass is 246 g/mol. The molecule has 0 bridgehead atoms. The summed E-state index contributed by atoms with van der Waals surface area (Å²) >= 11 is 0. The lowest BCUT2D eigenvalue weighted by atomic mass is 10.1. The number of rotatable bonds is 5. The average molecular weight is 246 g/mol. The average Bonchev–Trinajstić information content (AvgIpc) is 2.78. The van der Waals surface area contributed by atoms with Gasteiger partial charge in [-0.25, -0.2) is 0 Å². The second-order valence-corrected chi connectivity index (χ2v) is 5.28. The molecular formula is C15H22N2O. The fourth-order valence-corrected chi connectivity index (χ4v) is 2.52. The van der Waals surface area contributed by atoms with Crippen molar-refractivity contribution in [3.8, 4) is 0 Å². The van der Waals surface area contributed by atoms with Crippen molar-refractivity contribution < 1.29 is 4.79 Å². The van der Waals surface area contributed by atoms with Crippen molar-refractivity contribution in [2.45, 2.75) is 38.6 Å². The molecule has 0 saturated carbocycles. The minimum atomic E-state index is 0.123. The quantitative estimate of drug-likeness (QED) is 0.776. The number of hydrogen-bond acceptors (Lipinski definition) is 2. The Hall–Kier alpha value is -1.35. The molecule has 3 N–H and O–H groups in total. The molecule has 0 aromatic heterocycles. The summed E-state index contributed by atoms with van der Waals surface area (Å²) in [5, 5.41) is 3.02. The van der Waals surface area contributed by atoms with Crippen molar-refractivity contribution in [2.75, 3.05) is 6.54 Å². The molecule has 1 aliphatic rings. The van der Waals surface area contributed by atoms with Gasteiger partial charge in [0.1, 0.15) is 0 Å². The number of benzene rings is 1. The van der Waals surface area contributed by atoms with Gasteiger partial charge in [0.15, 0.2) is 0 Å². The molecule has 0 fully saturated rings. The third-order valence-electron chi connectivity index (χ3n) is 3.56. The van der Waals surface area contributed by atoms with Gasteiger partial charge < -0.3 is 11.1 Å². The Bertz CT molecular complexity index is 390.